The molecule has 38 heavy (non-hydrogen) atoms. The van der Waals surface area contributed by atoms with E-state index in [1.54, 1.807) is 0 Å². The maximum Gasteiger partial charge on any atom is 0.238 e. The summed E-state index contributed by atoms with van der Waals surface area (Å²) in [4.78, 5) is 37.6. The van der Waals surface area contributed by atoms with Crippen molar-refractivity contribution in [3.8, 4) is 0 Å². The van der Waals surface area contributed by atoms with Crippen LogP contribution in [0.5, 0.6) is 0 Å². The maximum absolute atomic E-state index is 12.1. The first-order chi connectivity index (χ1) is 18.2. The molecule has 8 nitrogen and oxygen atoms in total. The maximum atomic E-state index is 12.1. The van der Waals surface area contributed by atoms with Gasteiger partial charge >= 0.3 is 0 Å². The van der Waals surface area contributed by atoms with Gasteiger partial charge in [0.15, 0.2) is 0 Å². The summed E-state index contributed by atoms with van der Waals surface area (Å²) < 4.78 is 0. The van der Waals surface area contributed by atoms with E-state index in [0.717, 1.165) is 69.3 Å². The lowest BCUT2D eigenvalue weighted by Crippen LogP contribution is -2.27. The second-order valence-corrected chi connectivity index (χ2v) is 10.3. The topological polar surface area (TPSA) is 89.4 Å². The van der Waals surface area contributed by atoms with Crippen LogP contribution in [0.1, 0.15) is 22.3 Å². The van der Waals surface area contributed by atoms with Gasteiger partial charge in [-0.15, -0.1) is 0 Å². The smallest absolute Gasteiger partial charge is 0.238 e. The van der Waals surface area contributed by atoms with Crippen LogP contribution in [0, 0.1) is 0 Å². The zero-order valence-electron chi connectivity index (χ0n) is 22.2. The Balaban J connectivity index is 1.22. The molecule has 5 rings (SSSR count). The van der Waals surface area contributed by atoms with Gasteiger partial charge in [-0.05, 0) is 86.8 Å². The van der Waals surface area contributed by atoms with Gasteiger partial charge in [0.05, 0.1) is 35.9 Å². The highest BCUT2D eigenvalue weighted by Gasteiger charge is 2.20. The lowest BCUT2D eigenvalue weighted by Gasteiger charge is -2.10. The number of anilines is 2. The summed E-state index contributed by atoms with van der Waals surface area (Å²) in [5.41, 5.74) is 9.86. The van der Waals surface area contributed by atoms with E-state index in [1.807, 2.05) is 74.4 Å². The fourth-order valence-corrected chi connectivity index (χ4v) is 4.72. The highest BCUT2D eigenvalue weighted by Crippen LogP contribution is 2.33. The van der Waals surface area contributed by atoms with Crippen molar-refractivity contribution in [2.24, 2.45) is 9.98 Å². The number of nitrogens with zero attached hydrogens (tertiary/aromatic N) is 4. The first kappa shape index (κ1) is 25.5. The van der Waals surface area contributed by atoms with Crippen LogP contribution in [0.3, 0.4) is 0 Å². The lowest BCUT2D eigenvalue weighted by atomic mass is 9.99. The monoisotopic (exact) mass is 508 g/mol. The van der Waals surface area contributed by atoms with E-state index >= 15 is 0 Å². The summed E-state index contributed by atoms with van der Waals surface area (Å²) in [6.07, 6.45) is 1.45. The number of rotatable bonds is 8. The fourth-order valence-electron chi connectivity index (χ4n) is 4.72. The number of amides is 2. The van der Waals surface area contributed by atoms with Gasteiger partial charge in [0.25, 0.3) is 0 Å². The molecule has 2 aliphatic heterocycles. The Morgan fingerprint density at radius 1 is 0.658 bits per heavy atom. The zero-order valence-corrected chi connectivity index (χ0v) is 22.2. The quantitative estimate of drug-likeness (QED) is 0.481. The third-order valence-electron chi connectivity index (χ3n) is 6.42. The Hall–Kier alpha value is -4.14. The molecule has 2 N–H and O–H groups in total. The Kier molecular flexibility index (Phi) is 7.18. The average molecular weight is 509 g/mol. The summed E-state index contributed by atoms with van der Waals surface area (Å²) in [6, 6.07) is 20.1. The number of hydrogen-bond donors (Lipinski definition) is 2. The van der Waals surface area contributed by atoms with Gasteiger partial charge in [0.1, 0.15) is 0 Å². The minimum absolute atomic E-state index is 0.0352. The molecule has 0 saturated carbocycles. The minimum atomic E-state index is -0.0352. The number of nitrogens with one attached hydrogen (secondary N) is 2. The largest absolute Gasteiger partial charge is 0.325 e. The summed E-state index contributed by atoms with van der Waals surface area (Å²) in [6.45, 7) is 0.687. The van der Waals surface area contributed by atoms with Crippen LogP contribution in [-0.4, -0.2) is 74.3 Å². The Labute approximate surface area is 223 Å². The van der Waals surface area contributed by atoms with Crippen molar-refractivity contribution in [2.75, 3.05) is 51.9 Å². The van der Waals surface area contributed by atoms with Gasteiger partial charge < -0.3 is 20.4 Å². The van der Waals surface area contributed by atoms with Gasteiger partial charge in [-0.3, -0.25) is 19.6 Å². The SMILES string of the molecule is CN(C)CC(=O)Nc1ccc2c(c1)CC(c1ccc(C3=Nc4ccc(NC(=O)CN(C)C)cc4C3)cc1)=N2. The number of aliphatic imine (C=N–C) groups is 2. The van der Waals surface area contributed by atoms with Crippen LogP contribution in [0.4, 0.5) is 22.7 Å². The van der Waals surface area contributed by atoms with E-state index in [4.69, 9.17) is 9.98 Å². The molecule has 8 heteroatoms. The molecule has 2 heterocycles. The van der Waals surface area contributed by atoms with Crippen LogP contribution < -0.4 is 10.6 Å². The molecule has 3 aromatic carbocycles. The number of fused-ring (bicyclic) bond motifs is 2. The molecule has 194 valence electrons. The molecule has 2 aliphatic rings. The molecule has 0 atom stereocenters. The summed E-state index contributed by atoms with van der Waals surface area (Å²) in [5, 5.41) is 5.91. The van der Waals surface area contributed by atoms with Gasteiger partial charge in [-0.25, -0.2) is 0 Å². The molecule has 0 fully saturated rings. The molecule has 0 aliphatic carbocycles. The number of likely N-dealkylation sites (N-methyl/N-ethyl adjacent to an activating group) is 2. The number of carbonyl (C=O) groups is 2. The van der Waals surface area contributed by atoms with E-state index in [-0.39, 0.29) is 11.8 Å². The first-order valence-electron chi connectivity index (χ1n) is 12.6. The third kappa shape index (κ3) is 5.88. The first-order valence-corrected chi connectivity index (χ1v) is 12.6. The second-order valence-electron chi connectivity index (χ2n) is 10.3. The van der Waals surface area contributed by atoms with Gasteiger partial charge in [0.2, 0.25) is 11.8 Å². The molecule has 0 radical (unpaired) electrons. The molecular formula is C30H32N6O2. The van der Waals surface area contributed by atoms with Crippen molar-refractivity contribution in [3.05, 3.63) is 82.9 Å². The van der Waals surface area contributed by atoms with Crippen molar-refractivity contribution in [3.63, 3.8) is 0 Å². The summed E-state index contributed by atoms with van der Waals surface area (Å²) >= 11 is 0. The Morgan fingerprint density at radius 2 is 1.05 bits per heavy atom. The van der Waals surface area contributed by atoms with Crippen molar-refractivity contribution in [2.45, 2.75) is 12.8 Å². The molecule has 0 bridgehead atoms. The van der Waals surface area contributed by atoms with E-state index in [1.165, 1.54) is 0 Å². The van der Waals surface area contributed by atoms with Gasteiger partial charge in [0, 0.05) is 24.2 Å². The molecule has 3 aromatic rings. The van der Waals surface area contributed by atoms with Crippen molar-refractivity contribution < 1.29 is 9.59 Å². The minimum Gasteiger partial charge on any atom is -0.325 e. The van der Waals surface area contributed by atoms with Crippen molar-refractivity contribution in [1.29, 1.82) is 0 Å². The summed E-state index contributed by atoms with van der Waals surface area (Å²) in [7, 11) is 7.49. The van der Waals surface area contributed by atoms with Crippen LogP contribution in [-0.2, 0) is 22.4 Å². The molecule has 2 amide bonds. The third-order valence-corrected chi connectivity index (χ3v) is 6.42. The van der Waals surface area contributed by atoms with E-state index in [2.05, 4.69) is 34.9 Å². The normalized spacial score (nSPS) is 13.7. The lowest BCUT2D eigenvalue weighted by molar-refractivity contribution is -0.117. The van der Waals surface area contributed by atoms with Gasteiger partial charge in [-0.1, -0.05) is 24.3 Å². The highest BCUT2D eigenvalue weighted by atomic mass is 16.2. The van der Waals surface area contributed by atoms with Crippen LogP contribution in [0.2, 0.25) is 0 Å². The molecule has 0 spiro atoms. The number of carbonyl (C=O) groups excluding carboxylic acids is 2. The zero-order chi connectivity index (χ0) is 26.8. The van der Waals surface area contributed by atoms with E-state index < -0.39 is 0 Å². The fraction of sp³-hybridized carbons (Fsp3) is 0.267. The predicted octanol–water partition coefficient (Wildman–Crippen LogP) is 4.04. The van der Waals surface area contributed by atoms with E-state index in [9.17, 15) is 9.59 Å². The van der Waals surface area contributed by atoms with Crippen LogP contribution >= 0.6 is 0 Å². The van der Waals surface area contributed by atoms with E-state index in [0.29, 0.717) is 13.1 Å². The number of benzene rings is 3. The standard InChI is InChI=1S/C30H32N6O2/c1-35(2)17-29(37)31-23-9-11-25-21(13-23)15-27(33-25)19-5-7-20(8-6-19)28-16-22-14-24(10-12-26(22)34-28)32-30(38)18-36(3)4/h5-14H,15-18H2,1-4H3,(H,31,37)(H,32,38). The number of hydrogen-bond acceptors (Lipinski definition) is 6. The molecule has 0 aromatic heterocycles. The predicted molar refractivity (Wildman–Crippen MR) is 153 cm³/mol. The average Bonchev–Trinajstić information content (AvgIpc) is 3.46. The molecular weight excluding hydrogens is 476 g/mol. The Morgan fingerprint density at radius 3 is 1.42 bits per heavy atom. The Bertz CT molecular complexity index is 1340. The summed E-state index contributed by atoms with van der Waals surface area (Å²) in [5.74, 6) is -0.0704. The second kappa shape index (κ2) is 10.7. The molecule has 0 unspecified atom stereocenters. The van der Waals surface area contributed by atoms with Crippen molar-refractivity contribution in [1.82, 2.24) is 9.80 Å². The highest BCUT2D eigenvalue weighted by molar-refractivity contribution is 6.09. The molecule has 0 saturated heterocycles. The van der Waals surface area contributed by atoms with Crippen LogP contribution in [0.15, 0.2) is 70.6 Å². The van der Waals surface area contributed by atoms with Crippen molar-refractivity contribution >= 4 is 46.0 Å². The van der Waals surface area contributed by atoms with Gasteiger partial charge in [-0.2, -0.15) is 0 Å². The van der Waals surface area contributed by atoms with Crippen LogP contribution in [0.25, 0.3) is 0 Å².